The maximum absolute atomic E-state index is 12.2. The van der Waals surface area contributed by atoms with Gasteiger partial charge < -0.3 is 18.9 Å². The van der Waals surface area contributed by atoms with Crippen LogP contribution < -0.4 is 4.90 Å². The van der Waals surface area contributed by atoms with Crippen molar-refractivity contribution in [1.82, 2.24) is 10.1 Å². The van der Waals surface area contributed by atoms with E-state index >= 15 is 0 Å². The van der Waals surface area contributed by atoms with E-state index in [-0.39, 0.29) is 12.1 Å². The van der Waals surface area contributed by atoms with Gasteiger partial charge in [-0.15, -0.1) is 0 Å². The Morgan fingerprint density at radius 2 is 1.97 bits per heavy atom. The Bertz CT molecular complexity index is 1290. The molecule has 36 heavy (non-hydrogen) atoms. The topological polar surface area (TPSA) is 77.7 Å². The lowest BCUT2D eigenvalue weighted by molar-refractivity contribution is 0.0142. The molecule has 2 saturated heterocycles. The highest BCUT2D eigenvalue weighted by Crippen LogP contribution is 2.51. The monoisotopic (exact) mass is 619 g/mol. The second-order valence-corrected chi connectivity index (χ2v) is 13.2. The lowest BCUT2D eigenvalue weighted by Crippen LogP contribution is -2.45. The largest absolute Gasteiger partial charge is 0.462 e. The van der Waals surface area contributed by atoms with E-state index in [0.717, 1.165) is 39.6 Å². The Labute approximate surface area is 228 Å². The van der Waals surface area contributed by atoms with Crippen LogP contribution >= 0.6 is 33.9 Å². The van der Waals surface area contributed by atoms with Crippen LogP contribution in [-0.4, -0.2) is 44.8 Å². The Kier molecular flexibility index (Phi) is 6.00. The number of fused-ring (bicyclic) bond motifs is 3. The highest BCUT2D eigenvalue weighted by Gasteiger charge is 2.45. The summed E-state index contributed by atoms with van der Waals surface area (Å²) in [6.07, 6.45) is 8.30. The van der Waals surface area contributed by atoms with Gasteiger partial charge in [-0.2, -0.15) is 0 Å². The quantitative estimate of drug-likeness (QED) is 0.165. The first-order valence-corrected chi connectivity index (χ1v) is 15.2. The summed E-state index contributed by atoms with van der Waals surface area (Å²) >= 11 is 4.21. The van der Waals surface area contributed by atoms with Crippen molar-refractivity contribution in [3.63, 3.8) is 0 Å². The zero-order valence-corrected chi connectivity index (χ0v) is 23.3. The van der Waals surface area contributed by atoms with E-state index in [2.05, 4.69) is 32.6 Å². The Balaban J connectivity index is 1.05. The molecule has 4 fully saturated rings. The first-order chi connectivity index (χ1) is 17.6. The van der Waals surface area contributed by atoms with Crippen LogP contribution in [0.3, 0.4) is 0 Å². The molecule has 7 rings (SSSR count). The number of alkyl halides is 1. The number of aromatic nitrogens is 2. The number of hydrogen-bond donors (Lipinski definition) is 0. The van der Waals surface area contributed by atoms with Crippen molar-refractivity contribution in [3.8, 4) is 0 Å². The summed E-state index contributed by atoms with van der Waals surface area (Å²) in [5.74, 6) is 1.92. The van der Waals surface area contributed by atoms with Gasteiger partial charge in [0.05, 0.1) is 40.8 Å². The third kappa shape index (κ3) is 4.24. The van der Waals surface area contributed by atoms with Gasteiger partial charge in [-0.25, -0.2) is 9.78 Å². The van der Waals surface area contributed by atoms with Crippen LogP contribution in [-0.2, 0) is 16.1 Å². The van der Waals surface area contributed by atoms with E-state index in [0.29, 0.717) is 46.6 Å². The molecule has 190 valence electrons. The van der Waals surface area contributed by atoms with Crippen molar-refractivity contribution in [2.45, 2.75) is 92.4 Å². The summed E-state index contributed by atoms with van der Waals surface area (Å²) in [7, 11) is 0. The maximum atomic E-state index is 12.2. The lowest BCUT2D eigenvalue weighted by Gasteiger charge is -2.38. The average molecular weight is 620 g/mol. The minimum atomic E-state index is -0.274. The van der Waals surface area contributed by atoms with E-state index in [1.807, 2.05) is 25.1 Å². The van der Waals surface area contributed by atoms with E-state index in [1.165, 1.54) is 37.7 Å². The van der Waals surface area contributed by atoms with Crippen LogP contribution in [0.1, 0.15) is 91.1 Å². The van der Waals surface area contributed by atoms with Crippen LogP contribution in [0, 0.1) is 0 Å². The molecular formula is C27H30IN3O4S. The number of thiazole rings is 1. The Morgan fingerprint density at radius 3 is 2.67 bits per heavy atom. The van der Waals surface area contributed by atoms with E-state index in [1.54, 1.807) is 11.3 Å². The van der Waals surface area contributed by atoms with Crippen LogP contribution in [0.25, 0.3) is 10.2 Å². The van der Waals surface area contributed by atoms with Gasteiger partial charge in [-0.1, -0.05) is 39.1 Å². The van der Waals surface area contributed by atoms with Gasteiger partial charge in [0, 0.05) is 33.4 Å². The molecule has 2 aliphatic carbocycles. The molecule has 2 bridgehead atoms. The van der Waals surface area contributed by atoms with Crippen molar-refractivity contribution in [2.75, 3.05) is 11.5 Å². The predicted octanol–water partition coefficient (Wildman–Crippen LogP) is 6.35. The van der Waals surface area contributed by atoms with Crippen molar-refractivity contribution < 1.29 is 18.8 Å². The molecule has 3 aromatic rings. The van der Waals surface area contributed by atoms with Crippen molar-refractivity contribution in [3.05, 3.63) is 40.8 Å². The summed E-state index contributed by atoms with van der Waals surface area (Å²) in [6, 6.07) is 6.57. The molecule has 0 spiro atoms. The molecule has 4 heterocycles. The first kappa shape index (κ1) is 23.4. The van der Waals surface area contributed by atoms with Crippen LogP contribution in [0.5, 0.6) is 0 Å². The Morgan fingerprint density at radius 1 is 1.19 bits per heavy atom. The number of ether oxygens (including phenoxy) is 2. The summed E-state index contributed by atoms with van der Waals surface area (Å²) in [5, 5.41) is 5.56. The van der Waals surface area contributed by atoms with Crippen molar-refractivity contribution in [2.24, 2.45) is 0 Å². The van der Waals surface area contributed by atoms with Gasteiger partial charge in [-0.3, -0.25) is 0 Å². The van der Waals surface area contributed by atoms with Gasteiger partial charge in [-0.05, 0) is 70.1 Å². The van der Waals surface area contributed by atoms with Gasteiger partial charge in [0.25, 0.3) is 0 Å². The number of rotatable bonds is 8. The van der Waals surface area contributed by atoms with Crippen molar-refractivity contribution >= 4 is 55.2 Å². The summed E-state index contributed by atoms with van der Waals surface area (Å²) in [4.78, 5) is 19.6. The summed E-state index contributed by atoms with van der Waals surface area (Å²) < 4.78 is 19.3. The SMILES string of the molecule is CCOC(=O)c1ccc2nc(N3C4CCC3CC(OCc3c(C5CC5I)noc3C3CC3)C4)sc2c1. The van der Waals surface area contributed by atoms with Gasteiger partial charge in [0.1, 0.15) is 5.76 Å². The number of piperidine rings is 1. The number of esters is 1. The third-order valence-corrected chi connectivity index (χ3v) is 10.5. The van der Waals surface area contributed by atoms with Gasteiger partial charge >= 0.3 is 5.97 Å². The van der Waals surface area contributed by atoms with Gasteiger partial charge in [0.2, 0.25) is 0 Å². The third-order valence-electron chi connectivity index (χ3n) is 8.12. The lowest BCUT2D eigenvalue weighted by atomic mass is 10.00. The van der Waals surface area contributed by atoms with Crippen molar-refractivity contribution in [1.29, 1.82) is 0 Å². The average Bonchev–Trinajstić information content (AvgIpc) is 3.73. The molecule has 0 radical (unpaired) electrons. The fourth-order valence-corrected chi connectivity index (χ4v) is 8.06. The Hall–Kier alpha value is -1.72. The fraction of sp³-hybridized carbons (Fsp3) is 0.593. The second kappa shape index (κ2) is 9.23. The van der Waals surface area contributed by atoms with E-state index < -0.39 is 0 Å². The first-order valence-electron chi connectivity index (χ1n) is 13.2. The normalized spacial score (nSPS) is 29.2. The maximum Gasteiger partial charge on any atom is 0.338 e. The van der Waals surface area contributed by atoms with Crippen LogP contribution in [0.15, 0.2) is 22.7 Å². The zero-order chi connectivity index (χ0) is 24.4. The number of benzene rings is 1. The summed E-state index contributed by atoms with van der Waals surface area (Å²) in [6.45, 7) is 2.84. The fourth-order valence-electron chi connectivity index (χ4n) is 6.03. The summed E-state index contributed by atoms with van der Waals surface area (Å²) in [5.41, 5.74) is 3.95. The molecule has 9 heteroatoms. The van der Waals surface area contributed by atoms with E-state index in [9.17, 15) is 4.79 Å². The number of halogens is 1. The minimum Gasteiger partial charge on any atom is -0.462 e. The molecular weight excluding hydrogens is 589 g/mol. The molecule has 2 aliphatic heterocycles. The molecule has 4 unspecified atom stereocenters. The van der Waals surface area contributed by atoms with E-state index in [4.69, 9.17) is 19.0 Å². The highest BCUT2D eigenvalue weighted by atomic mass is 127. The molecule has 4 atom stereocenters. The number of carbonyl (C=O) groups excluding carboxylic acids is 1. The smallest absolute Gasteiger partial charge is 0.338 e. The van der Waals surface area contributed by atoms with Gasteiger partial charge in [0.15, 0.2) is 5.13 Å². The highest BCUT2D eigenvalue weighted by molar-refractivity contribution is 14.1. The van der Waals surface area contributed by atoms with Crippen LogP contribution in [0.4, 0.5) is 5.13 Å². The predicted molar refractivity (Wildman–Crippen MR) is 146 cm³/mol. The molecule has 0 amide bonds. The number of anilines is 1. The molecule has 0 N–H and O–H groups in total. The van der Waals surface area contributed by atoms with Crippen LogP contribution in [0.2, 0.25) is 0 Å². The number of hydrogen-bond acceptors (Lipinski definition) is 8. The molecule has 2 aromatic heterocycles. The molecule has 1 aromatic carbocycles. The molecule has 4 aliphatic rings. The molecule has 2 saturated carbocycles. The molecule has 7 nitrogen and oxygen atoms in total. The second-order valence-electron chi connectivity index (χ2n) is 10.6. The minimum absolute atomic E-state index is 0.257. The standard InChI is InChI=1S/C27H30IN3O4S/c1-2-33-26(32)15-5-8-22-23(9-15)36-27(29-22)31-16-6-7-17(31)11-18(10-16)34-13-20-24(19-12-21(19)28)30-35-25(20)14-3-4-14/h5,8-9,14,16-19,21H,2-4,6-7,10-13H2,1H3. The number of nitrogens with zero attached hydrogens (tertiary/aromatic N) is 3. The zero-order valence-electron chi connectivity index (χ0n) is 20.3. The number of carbonyl (C=O) groups is 1.